The van der Waals surface area contributed by atoms with Crippen molar-refractivity contribution in [3.63, 3.8) is 0 Å². The number of halogens is 2. The molecule has 4 unspecified atom stereocenters. The van der Waals surface area contributed by atoms with Crippen LogP contribution in [0.25, 0.3) is 33.0 Å². The number of rotatable bonds is 16. The number of carbonyl (C=O) groups is 2. The van der Waals surface area contributed by atoms with Gasteiger partial charge in [-0.3, -0.25) is 19.4 Å². The number of aryl methyl sites for hydroxylation is 2. The van der Waals surface area contributed by atoms with E-state index in [1.165, 1.54) is 0 Å². The third kappa shape index (κ3) is 9.52. The van der Waals surface area contributed by atoms with Crippen LogP contribution in [0.2, 0.25) is 10.0 Å². The first kappa shape index (κ1) is 46.3. The van der Waals surface area contributed by atoms with Gasteiger partial charge >= 0.3 is 0 Å². The molecule has 2 aromatic carbocycles. The van der Waals surface area contributed by atoms with E-state index >= 15 is 0 Å². The number of hydrogen-bond acceptors (Lipinski definition) is 15. The van der Waals surface area contributed by atoms with Crippen molar-refractivity contribution < 1.29 is 33.6 Å². The van der Waals surface area contributed by atoms with Crippen LogP contribution in [0.1, 0.15) is 57.7 Å². The predicted molar refractivity (Wildman–Crippen MR) is 254 cm³/mol. The topological polar surface area (TPSA) is 247 Å². The summed E-state index contributed by atoms with van der Waals surface area (Å²) in [6, 6.07) is 6.78. The highest BCUT2D eigenvalue weighted by atomic mass is 35.5. The number of anilines is 4. The lowest BCUT2D eigenvalue weighted by molar-refractivity contribution is -0.129. The summed E-state index contributed by atoms with van der Waals surface area (Å²) in [4.78, 5) is 34.9. The number of aromatic nitrogens is 10. The molecule has 3 aliphatic carbocycles. The molecule has 9 rings (SSSR count). The molecule has 0 spiro atoms. The second-order valence-electron chi connectivity index (χ2n) is 17.7. The molecule has 23 heteroatoms. The maximum Gasteiger partial charge on any atom is 0.260 e. The number of ether oxygens (including phenoxy) is 4. The Balaban J connectivity index is 0.803. The van der Waals surface area contributed by atoms with Crippen molar-refractivity contribution in [2.45, 2.75) is 69.5 Å². The Morgan fingerprint density at radius 1 is 0.809 bits per heavy atom. The molecule has 2 amide bonds. The van der Waals surface area contributed by atoms with Gasteiger partial charge in [-0.15, -0.1) is 10.2 Å². The number of nitrogens with one attached hydrogen (secondary N) is 5. The van der Waals surface area contributed by atoms with Crippen molar-refractivity contribution in [2.75, 3.05) is 38.1 Å². The normalized spacial score (nSPS) is 20.4. The van der Waals surface area contributed by atoms with E-state index in [1.54, 1.807) is 73.0 Å². The number of amides is 2. The number of hydrogen-bond donors (Lipinski definition) is 6. The van der Waals surface area contributed by atoms with Crippen LogP contribution in [0.5, 0.6) is 0 Å². The van der Waals surface area contributed by atoms with E-state index in [0.717, 1.165) is 22.0 Å². The van der Waals surface area contributed by atoms with Gasteiger partial charge in [-0.1, -0.05) is 35.4 Å². The minimum absolute atomic E-state index is 0.132. The van der Waals surface area contributed by atoms with Gasteiger partial charge in [-0.25, -0.2) is 9.36 Å². The number of nitrogens with zero attached hydrogens (tertiary/aromatic N) is 9. The van der Waals surface area contributed by atoms with Crippen LogP contribution < -0.4 is 21.3 Å². The Hall–Kier alpha value is -6.78. The Morgan fingerprint density at radius 3 is 1.94 bits per heavy atom. The number of allylic oxidation sites excluding steroid dienone is 4. The Morgan fingerprint density at radius 2 is 1.37 bits per heavy atom. The largest absolute Gasteiger partial charge is 0.485 e. The SMILES string of the molecule is COC1CC(c2nc(Nc3ccc4[nH]ncc4c3Cl)n(C)n2)=CC=C1OCC(=O)NC1(O)CC1n1ncc2c(Cl)c(Nc3nc(C4=CC=C(OCC(=O)NC(C)(C)C)C(OC)C4)nn3C)ccc21. The van der Waals surface area contributed by atoms with Gasteiger partial charge in [0, 0.05) is 75.0 Å². The van der Waals surface area contributed by atoms with E-state index in [1.807, 2.05) is 51.1 Å². The minimum Gasteiger partial charge on any atom is -0.485 e. The maximum absolute atomic E-state index is 13.2. The lowest BCUT2D eigenvalue weighted by Gasteiger charge is -2.24. The molecule has 6 N–H and O–H groups in total. The molecule has 4 atom stereocenters. The standard InChI is InChI=1S/C45H50Cl2N14O7/c1-44(2,3)54-36(62)21-67-31-14-8-23(16-33(31)65-6)41-53-43(60(5)58-41)51-29-12-13-30-26(39(29)47)20-49-61(30)35-18-45(35,64)55-37(63)22-68-32-15-9-24(17-34(32)66-7)40-52-42(59(4)57-40)50-28-11-10-27-25(38(28)46)19-48-56-27/h8-15,19-20,33-35,64H,16-18,21-22H2,1-7H3,(H,48,56)(H,54,62)(H,55,63)(H,50,52,57)(H,51,53,58). The molecule has 6 aromatic rings. The number of aliphatic hydroxyl groups is 1. The lowest BCUT2D eigenvalue weighted by atomic mass is 10.0. The Labute approximate surface area is 399 Å². The van der Waals surface area contributed by atoms with Crippen LogP contribution in [0.15, 0.2) is 72.5 Å². The van der Waals surface area contributed by atoms with Gasteiger partial charge in [0.15, 0.2) is 30.6 Å². The minimum atomic E-state index is -1.56. The van der Waals surface area contributed by atoms with Crippen molar-refractivity contribution in [1.29, 1.82) is 0 Å². The number of fused-ring (bicyclic) bond motifs is 2. The molecule has 0 saturated heterocycles. The van der Waals surface area contributed by atoms with Crippen LogP contribution in [0, 0.1) is 0 Å². The second-order valence-corrected chi connectivity index (χ2v) is 18.4. The van der Waals surface area contributed by atoms with Gasteiger partial charge in [0.2, 0.25) is 11.9 Å². The second kappa shape index (κ2) is 18.4. The van der Waals surface area contributed by atoms with Crippen LogP contribution in [0.4, 0.5) is 23.3 Å². The van der Waals surface area contributed by atoms with Gasteiger partial charge in [-0.05, 0) is 57.2 Å². The molecule has 3 aliphatic rings. The van der Waals surface area contributed by atoms with Crippen molar-refractivity contribution in [1.82, 2.24) is 60.1 Å². The average molecular weight is 970 g/mol. The Bertz CT molecular complexity index is 3070. The smallest absolute Gasteiger partial charge is 0.260 e. The highest BCUT2D eigenvalue weighted by molar-refractivity contribution is 6.38. The number of aromatic amines is 1. The Kier molecular flexibility index (Phi) is 12.5. The highest BCUT2D eigenvalue weighted by Crippen LogP contribution is 2.47. The lowest BCUT2D eigenvalue weighted by Crippen LogP contribution is -2.42. The van der Waals surface area contributed by atoms with Crippen LogP contribution in [-0.4, -0.2) is 117 Å². The summed E-state index contributed by atoms with van der Waals surface area (Å²) in [5.74, 6) is 2.12. The van der Waals surface area contributed by atoms with Crippen molar-refractivity contribution in [2.24, 2.45) is 14.1 Å². The summed E-state index contributed by atoms with van der Waals surface area (Å²) in [6.45, 7) is 5.22. The van der Waals surface area contributed by atoms with Crippen molar-refractivity contribution in [3.8, 4) is 0 Å². The van der Waals surface area contributed by atoms with E-state index < -0.39 is 29.9 Å². The summed E-state index contributed by atoms with van der Waals surface area (Å²) >= 11 is 13.6. The summed E-state index contributed by atoms with van der Waals surface area (Å²) in [7, 11) is 6.67. The third-order valence-corrected chi connectivity index (χ3v) is 12.4. The summed E-state index contributed by atoms with van der Waals surface area (Å²) in [5.41, 5.74) is 2.38. The predicted octanol–water partition coefficient (Wildman–Crippen LogP) is 5.73. The fraction of sp³-hybridized carbons (Fsp3) is 0.378. The molecule has 1 saturated carbocycles. The first-order valence-corrected chi connectivity index (χ1v) is 22.4. The number of carbonyl (C=O) groups excluding carboxylic acids is 2. The molecular formula is C45H50Cl2N14O7. The molecule has 4 aromatic heterocycles. The zero-order valence-electron chi connectivity index (χ0n) is 38.2. The number of methoxy groups -OCH3 is 2. The molecule has 1 fully saturated rings. The van der Waals surface area contributed by atoms with Crippen LogP contribution >= 0.6 is 23.2 Å². The third-order valence-electron chi connectivity index (χ3n) is 11.6. The molecule has 356 valence electrons. The van der Waals surface area contributed by atoms with E-state index in [9.17, 15) is 14.7 Å². The molecular weight excluding hydrogens is 919 g/mol. The summed E-state index contributed by atoms with van der Waals surface area (Å²) in [6.07, 6.45) is 10.5. The molecule has 0 radical (unpaired) electrons. The van der Waals surface area contributed by atoms with Crippen LogP contribution in [0.3, 0.4) is 0 Å². The van der Waals surface area contributed by atoms with Gasteiger partial charge in [0.05, 0.1) is 44.8 Å². The first-order chi connectivity index (χ1) is 32.5. The molecule has 4 heterocycles. The molecule has 21 nitrogen and oxygen atoms in total. The number of H-pyrrole nitrogens is 1. The molecule has 68 heavy (non-hydrogen) atoms. The van der Waals surface area contributed by atoms with Gasteiger partial charge in [0.25, 0.3) is 11.8 Å². The summed E-state index contributed by atoms with van der Waals surface area (Å²) < 4.78 is 28.0. The van der Waals surface area contributed by atoms with Crippen molar-refractivity contribution in [3.05, 3.63) is 94.2 Å². The highest BCUT2D eigenvalue weighted by Gasteiger charge is 2.57. The van der Waals surface area contributed by atoms with E-state index in [0.29, 0.717) is 80.2 Å². The van der Waals surface area contributed by atoms with Gasteiger partial charge < -0.3 is 45.3 Å². The van der Waals surface area contributed by atoms with Crippen LogP contribution in [-0.2, 0) is 42.6 Å². The zero-order valence-corrected chi connectivity index (χ0v) is 39.7. The fourth-order valence-electron chi connectivity index (χ4n) is 8.03. The van der Waals surface area contributed by atoms with Gasteiger partial charge in [-0.2, -0.15) is 20.2 Å². The zero-order chi connectivity index (χ0) is 48.1. The van der Waals surface area contributed by atoms with E-state index in [2.05, 4.69) is 46.8 Å². The van der Waals surface area contributed by atoms with E-state index in [-0.39, 0.29) is 31.1 Å². The van der Waals surface area contributed by atoms with Crippen molar-refractivity contribution >= 4 is 91.2 Å². The molecule has 0 bridgehead atoms. The first-order valence-electron chi connectivity index (χ1n) is 21.6. The summed E-state index contributed by atoms with van der Waals surface area (Å²) in [5, 5.41) is 46.5. The molecule has 0 aliphatic heterocycles. The average Bonchev–Trinajstić information content (AvgIpc) is 3.86. The fourth-order valence-corrected chi connectivity index (χ4v) is 8.55. The quantitative estimate of drug-likeness (QED) is 0.0634. The number of benzene rings is 2. The maximum atomic E-state index is 13.2. The monoisotopic (exact) mass is 968 g/mol. The van der Waals surface area contributed by atoms with E-state index in [4.69, 9.17) is 52.1 Å². The van der Waals surface area contributed by atoms with Gasteiger partial charge in [0.1, 0.15) is 29.8 Å².